The molecule has 1 heterocycles. The third-order valence-electron chi connectivity index (χ3n) is 4.27. The molecular formula is C15H21NO4. The molecule has 1 saturated heterocycles. The largest absolute Gasteiger partial charge is 0.504 e. The van der Waals surface area contributed by atoms with Crippen LogP contribution in [-0.4, -0.2) is 40.3 Å². The molecule has 0 radical (unpaired) electrons. The molecule has 1 aromatic carbocycles. The molecule has 1 atom stereocenters. The van der Waals surface area contributed by atoms with Crippen LogP contribution in [0.5, 0.6) is 11.5 Å². The van der Waals surface area contributed by atoms with Gasteiger partial charge < -0.3 is 14.9 Å². The zero-order valence-corrected chi connectivity index (χ0v) is 11.9. The second kappa shape index (κ2) is 5.71. The number of aliphatic carboxylic acids is 1. The highest BCUT2D eigenvalue weighted by Gasteiger charge is 2.46. The number of carbonyl (C=O) groups is 1. The maximum Gasteiger partial charge on any atom is 0.324 e. The molecule has 0 spiro atoms. The molecule has 0 amide bonds. The maximum atomic E-state index is 11.6. The Balaban J connectivity index is 2.27. The summed E-state index contributed by atoms with van der Waals surface area (Å²) in [5.41, 5.74) is -0.111. The second-order valence-corrected chi connectivity index (χ2v) is 5.18. The number of aromatic hydroxyl groups is 1. The van der Waals surface area contributed by atoms with Crippen molar-refractivity contribution in [3.05, 3.63) is 23.8 Å². The zero-order chi connectivity index (χ0) is 14.8. The van der Waals surface area contributed by atoms with Gasteiger partial charge in [0.25, 0.3) is 0 Å². The first-order valence-electron chi connectivity index (χ1n) is 6.88. The van der Waals surface area contributed by atoms with Crippen LogP contribution in [0.4, 0.5) is 0 Å². The Labute approximate surface area is 118 Å². The van der Waals surface area contributed by atoms with Crippen LogP contribution in [0, 0.1) is 0 Å². The van der Waals surface area contributed by atoms with Crippen molar-refractivity contribution in [1.82, 2.24) is 4.90 Å². The minimum Gasteiger partial charge on any atom is -0.504 e. The molecule has 0 bridgehead atoms. The lowest BCUT2D eigenvalue weighted by atomic mass is 9.92. The molecule has 0 aliphatic carbocycles. The summed E-state index contributed by atoms with van der Waals surface area (Å²) in [5, 5.41) is 19.7. The first-order valence-corrected chi connectivity index (χ1v) is 6.88. The number of benzene rings is 1. The molecule has 20 heavy (non-hydrogen) atoms. The summed E-state index contributed by atoms with van der Waals surface area (Å²) in [5.74, 6) is -0.267. The molecular weight excluding hydrogens is 258 g/mol. The monoisotopic (exact) mass is 279 g/mol. The normalized spacial score (nSPS) is 22.9. The van der Waals surface area contributed by atoms with Crippen LogP contribution >= 0.6 is 0 Å². The topological polar surface area (TPSA) is 70.0 Å². The number of phenols is 1. The Bertz CT molecular complexity index is 503. The number of methoxy groups -OCH3 is 1. The van der Waals surface area contributed by atoms with E-state index in [0.29, 0.717) is 30.7 Å². The third kappa shape index (κ3) is 2.33. The van der Waals surface area contributed by atoms with Crippen molar-refractivity contribution < 1.29 is 19.7 Å². The Morgan fingerprint density at radius 3 is 2.85 bits per heavy atom. The van der Waals surface area contributed by atoms with E-state index in [9.17, 15) is 15.0 Å². The summed E-state index contributed by atoms with van der Waals surface area (Å²) in [6, 6.07) is 5.30. The number of para-hydroxylation sites is 1. The summed E-state index contributed by atoms with van der Waals surface area (Å²) in [4.78, 5) is 13.6. The van der Waals surface area contributed by atoms with Crippen LogP contribution in [0.2, 0.25) is 0 Å². The quantitative estimate of drug-likeness (QED) is 0.865. The average molecular weight is 279 g/mol. The van der Waals surface area contributed by atoms with Crippen LogP contribution in [0.1, 0.15) is 31.7 Å². The van der Waals surface area contributed by atoms with Crippen LogP contribution in [0.25, 0.3) is 0 Å². The van der Waals surface area contributed by atoms with Crippen molar-refractivity contribution in [3.8, 4) is 11.5 Å². The number of carboxylic acid groups (broad SMARTS) is 1. The summed E-state index contributed by atoms with van der Waals surface area (Å²) < 4.78 is 5.09. The van der Waals surface area contributed by atoms with Crippen molar-refractivity contribution in [2.45, 2.75) is 38.3 Å². The second-order valence-electron chi connectivity index (χ2n) is 5.18. The summed E-state index contributed by atoms with van der Waals surface area (Å²) in [6.45, 7) is 3.05. The standard InChI is InChI=1S/C15H21NO4/c1-3-15(14(18)19)8-5-9-16(15)10-11-6-4-7-12(20-2)13(11)17/h4,6-7,17H,3,5,8-10H2,1-2H3,(H,18,19). The molecule has 5 heteroatoms. The minimum absolute atomic E-state index is 0.0947. The average Bonchev–Trinajstić information content (AvgIpc) is 2.85. The number of nitrogens with zero attached hydrogens (tertiary/aromatic N) is 1. The van der Waals surface area contributed by atoms with E-state index >= 15 is 0 Å². The number of phenolic OH excluding ortho intramolecular Hbond substituents is 1. The van der Waals surface area contributed by atoms with E-state index in [1.165, 1.54) is 7.11 Å². The van der Waals surface area contributed by atoms with E-state index in [1.54, 1.807) is 18.2 Å². The number of carboxylic acids is 1. The maximum absolute atomic E-state index is 11.6. The van der Waals surface area contributed by atoms with Gasteiger partial charge in [0.15, 0.2) is 11.5 Å². The molecule has 1 aliphatic rings. The van der Waals surface area contributed by atoms with Crippen molar-refractivity contribution in [2.24, 2.45) is 0 Å². The Morgan fingerprint density at radius 1 is 1.50 bits per heavy atom. The van der Waals surface area contributed by atoms with Crippen LogP contribution in [0.3, 0.4) is 0 Å². The highest BCUT2D eigenvalue weighted by atomic mass is 16.5. The van der Waals surface area contributed by atoms with E-state index in [1.807, 2.05) is 11.8 Å². The van der Waals surface area contributed by atoms with Gasteiger partial charge >= 0.3 is 5.97 Å². The third-order valence-corrected chi connectivity index (χ3v) is 4.27. The van der Waals surface area contributed by atoms with E-state index in [-0.39, 0.29) is 5.75 Å². The van der Waals surface area contributed by atoms with Gasteiger partial charge in [0, 0.05) is 12.1 Å². The fourth-order valence-corrected chi connectivity index (χ4v) is 3.02. The highest BCUT2D eigenvalue weighted by molar-refractivity contribution is 5.79. The summed E-state index contributed by atoms with van der Waals surface area (Å²) in [7, 11) is 1.50. The van der Waals surface area contributed by atoms with Crippen molar-refractivity contribution in [2.75, 3.05) is 13.7 Å². The number of likely N-dealkylation sites (tertiary alicyclic amines) is 1. The predicted molar refractivity (Wildman–Crippen MR) is 75.0 cm³/mol. The van der Waals surface area contributed by atoms with E-state index in [4.69, 9.17) is 4.74 Å². The fourth-order valence-electron chi connectivity index (χ4n) is 3.02. The molecule has 0 saturated carbocycles. The van der Waals surface area contributed by atoms with Crippen molar-refractivity contribution in [3.63, 3.8) is 0 Å². The summed E-state index contributed by atoms with van der Waals surface area (Å²) >= 11 is 0. The first kappa shape index (κ1) is 14.7. The molecule has 5 nitrogen and oxygen atoms in total. The molecule has 1 aliphatic heterocycles. The van der Waals surface area contributed by atoms with Gasteiger partial charge in [-0.25, -0.2) is 0 Å². The lowest BCUT2D eigenvalue weighted by Crippen LogP contribution is -2.49. The Kier molecular flexibility index (Phi) is 4.18. The van der Waals surface area contributed by atoms with Gasteiger partial charge in [-0.1, -0.05) is 19.1 Å². The van der Waals surface area contributed by atoms with Gasteiger partial charge in [-0.05, 0) is 31.9 Å². The lowest BCUT2D eigenvalue weighted by Gasteiger charge is -2.34. The van der Waals surface area contributed by atoms with Gasteiger partial charge in [-0.2, -0.15) is 0 Å². The number of rotatable bonds is 5. The SMILES string of the molecule is CCC1(C(=O)O)CCCN1Cc1cccc(OC)c1O. The van der Waals surface area contributed by atoms with Gasteiger partial charge in [-0.15, -0.1) is 0 Å². The Morgan fingerprint density at radius 2 is 2.25 bits per heavy atom. The smallest absolute Gasteiger partial charge is 0.324 e. The molecule has 1 fully saturated rings. The van der Waals surface area contributed by atoms with Gasteiger partial charge in [-0.3, -0.25) is 9.69 Å². The fraction of sp³-hybridized carbons (Fsp3) is 0.533. The van der Waals surface area contributed by atoms with Crippen LogP contribution < -0.4 is 4.74 Å². The molecule has 110 valence electrons. The zero-order valence-electron chi connectivity index (χ0n) is 11.9. The van der Waals surface area contributed by atoms with E-state index in [0.717, 1.165) is 13.0 Å². The Hall–Kier alpha value is -1.75. The van der Waals surface area contributed by atoms with Crippen molar-refractivity contribution in [1.29, 1.82) is 0 Å². The van der Waals surface area contributed by atoms with Crippen LogP contribution in [-0.2, 0) is 11.3 Å². The predicted octanol–water partition coefficient (Wildman–Crippen LogP) is 2.23. The number of ether oxygens (including phenoxy) is 1. The van der Waals surface area contributed by atoms with E-state index in [2.05, 4.69) is 0 Å². The van der Waals surface area contributed by atoms with Gasteiger partial charge in [0.1, 0.15) is 5.54 Å². The van der Waals surface area contributed by atoms with Crippen LogP contribution in [0.15, 0.2) is 18.2 Å². The van der Waals surface area contributed by atoms with E-state index < -0.39 is 11.5 Å². The number of hydrogen-bond acceptors (Lipinski definition) is 4. The summed E-state index contributed by atoms with van der Waals surface area (Å²) in [6.07, 6.45) is 2.08. The van der Waals surface area contributed by atoms with Gasteiger partial charge in [0.2, 0.25) is 0 Å². The number of hydrogen-bond donors (Lipinski definition) is 2. The molecule has 1 aromatic rings. The minimum atomic E-state index is -0.810. The molecule has 2 N–H and O–H groups in total. The van der Waals surface area contributed by atoms with Gasteiger partial charge in [0.05, 0.1) is 7.11 Å². The molecule has 2 rings (SSSR count). The first-order chi connectivity index (χ1) is 9.55. The van der Waals surface area contributed by atoms with Crippen molar-refractivity contribution >= 4 is 5.97 Å². The molecule has 0 aromatic heterocycles. The lowest BCUT2D eigenvalue weighted by molar-refractivity contribution is -0.150. The highest BCUT2D eigenvalue weighted by Crippen LogP contribution is 2.37. The molecule has 1 unspecified atom stereocenters.